The molecule has 0 aliphatic carbocycles. The molecule has 2 aromatic carbocycles. The molecule has 132 valence electrons. The summed E-state index contributed by atoms with van der Waals surface area (Å²) in [5.74, 6) is 1.35. The van der Waals surface area contributed by atoms with Gasteiger partial charge >= 0.3 is 0 Å². The minimum absolute atomic E-state index is 0. The van der Waals surface area contributed by atoms with E-state index in [1.807, 2.05) is 42.5 Å². The van der Waals surface area contributed by atoms with Gasteiger partial charge in [-0.2, -0.15) is 0 Å². The lowest BCUT2D eigenvalue weighted by molar-refractivity contribution is -0.00000743. The molecule has 6 heteroatoms. The van der Waals surface area contributed by atoms with Gasteiger partial charge in [0.15, 0.2) is 11.5 Å². The number of benzene rings is 2. The van der Waals surface area contributed by atoms with E-state index < -0.39 is 0 Å². The van der Waals surface area contributed by atoms with Crippen molar-refractivity contribution in [3.63, 3.8) is 0 Å². The van der Waals surface area contributed by atoms with Gasteiger partial charge < -0.3 is 32.3 Å². The largest absolute Gasteiger partial charge is 1.00 e. The van der Waals surface area contributed by atoms with Crippen LogP contribution in [0.25, 0.3) is 0 Å². The fourth-order valence-corrected chi connectivity index (χ4v) is 2.33. The molecule has 2 aromatic rings. The second kappa shape index (κ2) is 10.4. The third-order valence-electron chi connectivity index (χ3n) is 3.34. The quantitative estimate of drug-likeness (QED) is 0.706. The van der Waals surface area contributed by atoms with Gasteiger partial charge in [-0.15, -0.1) is 0 Å². The fraction of sp³-hybridized carbons (Fsp3) is 0.333. The van der Waals surface area contributed by atoms with Gasteiger partial charge in [0.05, 0.1) is 13.2 Å². The van der Waals surface area contributed by atoms with Crippen molar-refractivity contribution in [3.8, 4) is 11.5 Å². The zero-order chi connectivity index (χ0) is 16.7. The molecule has 0 aromatic heterocycles. The van der Waals surface area contributed by atoms with Gasteiger partial charge in [-0.25, -0.2) is 0 Å². The Morgan fingerprint density at radius 2 is 1.92 bits per heavy atom. The summed E-state index contributed by atoms with van der Waals surface area (Å²) in [5, 5.41) is 13.1. The molecule has 0 amide bonds. The molecular formula is C18H22Cl2NO3-. The predicted octanol–water partition coefficient (Wildman–Crippen LogP) is 0.402. The average molecular weight is 371 g/mol. The number of hydrogen-bond donors (Lipinski definition) is 2. The molecule has 1 atom stereocenters. The molecule has 2 rings (SSSR count). The molecule has 0 spiro atoms. The van der Waals surface area contributed by atoms with Gasteiger partial charge in [0, 0.05) is 23.7 Å². The van der Waals surface area contributed by atoms with E-state index in [9.17, 15) is 5.11 Å². The van der Waals surface area contributed by atoms with Crippen molar-refractivity contribution in [1.82, 2.24) is 5.32 Å². The lowest BCUT2D eigenvalue weighted by atomic mass is 10.2. The van der Waals surface area contributed by atoms with Crippen LogP contribution in [0.4, 0.5) is 0 Å². The van der Waals surface area contributed by atoms with Crippen molar-refractivity contribution in [2.45, 2.75) is 26.2 Å². The summed E-state index contributed by atoms with van der Waals surface area (Å²) in [5.41, 5.74) is 1.99. The zero-order valence-corrected chi connectivity index (χ0v) is 15.3. The highest BCUT2D eigenvalue weighted by Crippen LogP contribution is 2.29. The maximum Gasteiger partial charge on any atom is 0.161 e. The minimum atomic E-state index is -0.366. The van der Waals surface area contributed by atoms with Crippen molar-refractivity contribution >= 4 is 11.6 Å². The van der Waals surface area contributed by atoms with Crippen LogP contribution in [0.5, 0.6) is 11.5 Å². The van der Waals surface area contributed by atoms with E-state index in [2.05, 4.69) is 5.32 Å². The van der Waals surface area contributed by atoms with Gasteiger partial charge in [0.1, 0.15) is 6.61 Å². The summed E-state index contributed by atoms with van der Waals surface area (Å²) in [6, 6.07) is 13.4. The van der Waals surface area contributed by atoms with Crippen LogP contribution < -0.4 is 27.2 Å². The fourth-order valence-electron chi connectivity index (χ4n) is 2.14. The molecule has 1 unspecified atom stereocenters. The maximum absolute atomic E-state index is 9.26. The molecule has 0 aliphatic heterocycles. The SMILES string of the molecule is COc1cc(CNCC(C)O)ccc1OCc1ccccc1Cl.[Cl-]. The third kappa shape index (κ3) is 6.21. The number of aliphatic hydroxyl groups excluding tert-OH is 1. The van der Waals surface area contributed by atoms with Crippen molar-refractivity contribution in [2.24, 2.45) is 0 Å². The van der Waals surface area contributed by atoms with Crippen LogP contribution in [-0.2, 0) is 13.2 Å². The standard InChI is InChI=1S/C18H22ClNO3.ClH/c1-13(21)10-20-11-14-7-8-17(18(9-14)22-2)23-12-15-5-3-4-6-16(15)19;/h3-9,13,20-21H,10-12H2,1-2H3;1H/p-1. The number of halogens is 2. The van der Waals surface area contributed by atoms with E-state index in [-0.39, 0.29) is 18.5 Å². The predicted molar refractivity (Wildman–Crippen MR) is 92.2 cm³/mol. The summed E-state index contributed by atoms with van der Waals surface area (Å²) in [6.07, 6.45) is -0.366. The van der Waals surface area contributed by atoms with Gasteiger partial charge in [0.25, 0.3) is 0 Å². The summed E-state index contributed by atoms with van der Waals surface area (Å²) in [4.78, 5) is 0. The molecule has 4 nitrogen and oxygen atoms in total. The molecular weight excluding hydrogens is 349 g/mol. The number of ether oxygens (including phenoxy) is 2. The highest BCUT2D eigenvalue weighted by molar-refractivity contribution is 6.31. The first-order valence-electron chi connectivity index (χ1n) is 7.52. The summed E-state index contributed by atoms with van der Waals surface area (Å²) >= 11 is 6.13. The number of methoxy groups -OCH3 is 1. The topological polar surface area (TPSA) is 50.7 Å². The van der Waals surface area contributed by atoms with Crippen LogP contribution in [0, 0.1) is 0 Å². The van der Waals surface area contributed by atoms with E-state index in [0.717, 1.165) is 11.1 Å². The van der Waals surface area contributed by atoms with Crippen molar-refractivity contribution in [3.05, 3.63) is 58.6 Å². The molecule has 0 aliphatic rings. The molecule has 0 radical (unpaired) electrons. The van der Waals surface area contributed by atoms with Crippen LogP contribution in [0.3, 0.4) is 0 Å². The van der Waals surface area contributed by atoms with E-state index >= 15 is 0 Å². The highest BCUT2D eigenvalue weighted by Gasteiger charge is 2.08. The Balaban J connectivity index is 0.00000288. The van der Waals surface area contributed by atoms with E-state index in [1.165, 1.54) is 0 Å². The van der Waals surface area contributed by atoms with E-state index in [4.69, 9.17) is 21.1 Å². The van der Waals surface area contributed by atoms with Crippen LogP contribution in [0.1, 0.15) is 18.1 Å². The summed E-state index contributed by atoms with van der Waals surface area (Å²) in [6.45, 7) is 3.34. The first kappa shape index (κ1) is 20.6. The average Bonchev–Trinajstić information content (AvgIpc) is 2.54. The molecule has 24 heavy (non-hydrogen) atoms. The van der Waals surface area contributed by atoms with Gasteiger partial charge in [-0.05, 0) is 30.7 Å². The lowest BCUT2D eigenvalue weighted by Gasteiger charge is -2.13. The minimum Gasteiger partial charge on any atom is -1.00 e. The van der Waals surface area contributed by atoms with E-state index in [0.29, 0.717) is 36.2 Å². The molecule has 2 N–H and O–H groups in total. The summed E-state index contributed by atoms with van der Waals surface area (Å²) in [7, 11) is 1.62. The van der Waals surface area contributed by atoms with Gasteiger partial charge in [-0.1, -0.05) is 35.9 Å². The Morgan fingerprint density at radius 3 is 2.58 bits per heavy atom. The maximum atomic E-state index is 9.26. The van der Waals surface area contributed by atoms with Crippen LogP contribution >= 0.6 is 11.6 Å². The third-order valence-corrected chi connectivity index (χ3v) is 3.71. The molecule has 0 fully saturated rings. The summed E-state index contributed by atoms with van der Waals surface area (Å²) < 4.78 is 11.2. The second-order valence-electron chi connectivity index (χ2n) is 5.35. The van der Waals surface area contributed by atoms with Crippen molar-refractivity contribution in [1.29, 1.82) is 0 Å². The Morgan fingerprint density at radius 1 is 1.17 bits per heavy atom. The van der Waals surface area contributed by atoms with Crippen molar-refractivity contribution < 1.29 is 27.0 Å². The number of hydrogen-bond acceptors (Lipinski definition) is 4. The first-order valence-corrected chi connectivity index (χ1v) is 7.90. The monoisotopic (exact) mass is 370 g/mol. The normalized spacial score (nSPS) is 11.5. The highest BCUT2D eigenvalue weighted by atomic mass is 35.5. The number of aliphatic hydroxyl groups is 1. The molecule has 0 heterocycles. The van der Waals surface area contributed by atoms with E-state index in [1.54, 1.807) is 14.0 Å². The Hall–Kier alpha value is -1.46. The second-order valence-corrected chi connectivity index (χ2v) is 5.75. The molecule has 0 saturated heterocycles. The van der Waals surface area contributed by atoms with Crippen molar-refractivity contribution in [2.75, 3.05) is 13.7 Å². The van der Waals surface area contributed by atoms with Gasteiger partial charge in [-0.3, -0.25) is 0 Å². The Labute approximate surface area is 154 Å². The Kier molecular flexibility index (Phi) is 8.93. The Bertz CT molecular complexity index is 635. The van der Waals surface area contributed by atoms with Gasteiger partial charge in [0.2, 0.25) is 0 Å². The van der Waals surface area contributed by atoms with Crippen LogP contribution in [-0.4, -0.2) is 24.9 Å². The smallest absolute Gasteiger partial charge is 0.161 e. The van der Waals surface area contributed by atoms with Crippen LogP contribution in [0.2, 0.25) is 5.02 Å². The number of rotatable bonds is 8. The number of nitrogens with one attached hydrogen (secondary N) is 1. The molecule has 0 bridgehead atoms. The lowest BCUT2D eigenvalue weighted by Crippen LogP contribution is -3.00. The van der Waals surface area contributed by atoms with Crippen LogP contribution in [0.15, 0.2) is 42.5 Å². The zero-order valence-electron chi connectivity index (χ0n) is 13.8. The molecule has 0 saturated carbocycles. The first-order chi connectivity index (χ1) is 11.1.